The van der Waals surface area contributed by atoms with Crippen molar-refractivity contribution >= 4 is 0 Å². The number of benzene rings is 2. The van der Waals surface area contributed by atoms with Gasteiger partial charge >= 0.3 is 0 Å². The second-order valence-corrected chi connectivity index (χ2v) is 3.44. The molecule has 1 nitrogen and oxygen atoms in total. The summed E-state index contributed by atoms with van der Waals surface area (Å²) in [5, 5.41) is 0. The van der Waals surface area contributed by atoms with Gasteiger partial charge in [0.25, 0.3) is 0 Å². The van der Waals surface area contributed by atoms with Crippen LogP contribution in [0, 0.1) is 24.7 Å². The summed E-state index contributed by atoms with van der Waals surface area (Å²) in [6.07, 6.45) is 10.5. The van der Waals surface area contributed by atoms with Crippen LogP contribution in [0.4, 0.5) is 0 Å². The summed E-state index contributed by atoms with van der Waals surface area (Å²) in [6.45, 7) is 0. The average molecular weight is 218 g/mol. The fourth-order valence-electron chi connectivity index (χ4n) is 1.37. The predicted octanol–water partition coefficient (Wildman–Crippen LogP) is 3.44. The zero-order valence-corrected chi connectivity index (χ0v) is 9.18. The van der Waals surface area contributed by atoms with Crippen LogP contribution in [0.2, 0.25) is 0 Å². The third-order valence-electron chi connectivity index (χ3n) is 2.28. The zero-order chi connectivity index (χ0) is 12.1. The Kier molecular flexibility index (Phi) is 3.15. The monoisotopic (exact) mass is 218 g/mol. The number of hydrogen-bond acceptors (Lipinski definition) is 1. The summed E-state index contributed by atoms with van der Waals surface area (Å²) < 4.78 is 5.64. The molecule has 1 heteroatoms. The van der Waals surface area contributed by atoms with E-state index in [-0.39, 0.29) is 0 Å². The van der Waals surface area contributed by atoms with Gasteiger partial charge in [-0.15, -0.1) is 12.8 Å². The molecule has 0 aliphatic rings. The first-order chi connectivity index (χ1) is 8.31. The van der Waals surface area contributed by atoms with Crippen molar-refractivity contribution in [2.24, 2.45) is 0 Å². The smallest absolute Gasteiger partial charge is 0.127 e. The van der Waals surface area contributed by atoms with Gasteiger partial charge in [0.1, 0.15) is 11.5 Å². The summed E-state index contributed by atoms with van der Waals surface area (Å²) in [5.74, 6) is 6.61. The van der Waals surface area contributed by atoms with E-state index in [1.807, 2.05) is 48.5 Å². The summed E-state index contributed by atoms with van der Waals surface area (Å²) in [6, 6.07) is 14.7. The van der Waals surface area contributed by atoms with Crippen molar-refractivity contribution in [3.05, 3.63) is 59.7 Å². The Bertz CT molecular complexity index is 522. The molecule has 0 unspecified atom stereocenters. The molecule has 0 heterocycles. The van der Waals surface area contributed by atoms with Gasteiger partial charge in [0.15, 0.2) is 0 Å². The largest absolute Gasteiger partial charge is 0.457 e. The molecule has 0 aliphatic carbocycles. The Balaban J connectivity index is 2.14. The highest BCUT2D eigenvalue weighted by Crippen LogP contribution is 2.21. The van der Waals surface area contributed by atoms with E-state index in [9.17, 15) is 0 Å². The van der Waals surface area contributed by atoms with Crippen LogP contribution < -0.4 is 4.74 Å². The van der Waals surface area contributed by atoms with Crippen molar-refractivity contribution in [3.8, 4) is 36.2 Å². The van der Waals surface area contributed by atoms with Crippen LogP contribution in [0.15, 0.2) is 48.5 Å². The van der Waals surface area contributed by atoms with Gasteiger partial charge in [-0.3, -0.25) is 0 Å². The van der Waals surface area contributed by atoms with Gasteiger partial charge in [0, 0.05) is 11.1 Å². The molecule has 0 saturated heterocycles. The molecule has 0 fully saturated rings. The molecule has 2 aromatic rings. The van der Waals surface area contributed by atoms with Crippen LogP contribution in [0.5, 0.6) is 11.5 Å². The van der Waals surface area contributed by atoms with Crippen LogP contribution in [-0.2, 0) is 0 Å². The Morgan fingerprint density at radius 2 is 1.00 bits per heavy atom. The second-order valence-electron chi connectivity index (χ2n) is 3.44. The highest BCUT2D eigenvalue weighted by Gasteiger charge is 1.97. The van der Waals surface area contributed by atoms with E-state index in [1.165, 1.54) is 0 Å². The maximum atomic E-state index is 5.64. The normalized spacial score (nSPS) is 9.06. The molecule has 0 amide bonds. The first-order valence-electron chi connectivity index (χ1n) is 5.13. The van der Waals surface area contributed by atoms with E-state index in [0.29, 0.717) is 0 Å². The minimum absolute atomic E-state index is 0.748. The van der Waals surface area contributed by atoms with E-state index >= 15 is 0 Å². The summed E-state index contributed by atoms with van der Waals surface area (Å²) in [7, 11) is 0. The van der Waals surface area contributed by atoms with E-state index in [2.05, 4.69) is 11.8 Å². The average Bonchev–Trinajstić information content (AvgIpc) is 2.40. The lowest BCUT2D eigenvalue weighted by molar-refractivity contribution is 0.482. The Morgan fingerprint density at radius 1 is 0.647 bits per heavy atom. The third-order valence-corrected chi connectivity index (χ3v) is 2.28. The molecule has 2 aromatic carbocycles. The van der Waals surface area contributed by atoms with Gasteiger partial charge in [-0.2, -0.15) is 0 Å². The van der Waals surface area contributed by atoms with Gasteiger partial charge in [-0.1, -0.05) is 11.8 Å². The van der Waals surface area contributed by atoms with Gasteiger partial charge in [-0.25, -0.2) is 0 Å². The molecule has 0 N–H and O–H groups in total. The Hall–Kier alpha value is -2.64. The Morgan fingerprint density at radius 3 is 1.29 bits per heavy atom. The fourth-order valence-corrected chi connectivity index (χ4v) is 1.37. The van der Waals surface area contributed by atoms with Crippen molar-refractivity contribution in [2.75, 3.05) is 0 Å². The number of hydrogen-bond donors (Lipinski definition) is 0. The topological polar surface area (TPSA) is 9.23 Å². The lowest BCUT2D eigenvalue weighted by Crippen LogP contribution is -1.84. The lowest BCUT2D eigenvalue weighted by atomic mass is 10.2. The van der Waals surface area contributed by atoms with Crippen LogP contribution in [-0.4, -0.2) is 0 Å². The van der Waals surface area contributed by atoms with Crippen molar-refractivity contribution in [1.82, 2.24) is 0 Å². The summed E-state index contributed by atoms with van der Waals surface area (Å²) in [5.41, 5.74) is 1.67. The van der Waals surface area contributed by atoms with Crippen molar-refractivity contribution < 1.29 is 4.74 Å². The van der Waals surface area contributed by atoms with E-state index in [0.717, 1.165) is 22.6 Å². The minimum atomic E-state index is 0.748. The first kappa shape index (κ1) is 10.9. The standard InChI is InChI=1S/C16H10O/c1-3-13-5-9-15(10-6-13)17-16-11-7-14(4-2)8-12-16/h1-2,5-12H. The SMILES string of the molecule is C#Cc1ccc(Oc2ccc(C#C)cc2)cc1. The summed E-state index contributed by atoms with van der Waals surface area (Å²) in [4.78, 5) is 0. The molecule has 0 radical (unpaired) electrons. The maximum absolute atomic E-state index is 5.64. The number of ether oxygens (including phenoxy) is 1. The zero-order valence-electron chi connectivity index (χ0n) is 9.18. The molecule has 17 heavy (non-hydrogen) atoms. The van der Waals surface area contributed by atoms with Crippen LogP contribution in [0.25, 0.3) is 0 Å². The molecular formula is C16H10O. The molecular weight excluding hydrogens is 208 g/mol. The van der Waals surface area contributed by atoms with Gasteiger partial charge in [-0.05, 0) is 48.5 Å². The predicted molar refractivity (Wildman–Crippen MR) is 68.8 cm³/mol. The molecule has 0 aromatic heterocycles. The van der Waals surface area contributed by atoms with Gasteiger partial charge < -0.3 is 4.74 Å². The lowest BCUT2D eigenvalue weighted by Gasteiger charge is -2.05. The van der Waals surface area contributed by atoms with Crippen molar-refractivity contribution in [2.45, 2.75) is 0 Å². The van der Waals surface area contributed by atoms with Crippen LogP contribution in [0.3, 0.4) is 0 Å². The van der Waals surface area contributed by atoms with Gasteiger partial charge in [0.2, 0.25) is 0 Å². The highest BCUT2D eigenvalue weighted by molar-refractivity contribution is 5.41. The van der Waals surface area contributed by atoms with Gasteiger partial charge in [0.05, 0.1) is 0 Å². The molecule has 0 aliphatic heterocycles. The fraction of sp³-hybridized carbons (Fsp3) is 0. The van der Waals surface area contributed by atoms with Crippen molar-refractivity contribution in [1.29, 1.82) is 0 Å². The van der Waals surface area contributed by atoms with Crippen LogP contribution >= 0.6 is 0 Å². The summed E-state index contributed by atoms with van der Waals surface area (Å²) >= 11 is 0. The van der Waals surface area contributed by atoms with E-state index in [1.54, 1.807) is 0 Å². The molecule has 0 atom stereocenters. The molecule has 2 rings (SSSR count). The minimum Gasteiger partial charge on any atom is -0.457 e. The molecule has 0 saturated carbocycles. The molecule has 0 spiro atoms. The van der Waals surface area contributed by atoms with E-state index in [4.69, 9.17) is 17.6 Å². The Labute approximate surface area is 101 Å². The van der Waals surface area contributed by atoms with Crippen LogP contribution in [0.1, 0.15) is 11.1 Å². The van der Waals surface area contributed by atoms with E-state index < -0.39 is 0 Å². The first-order valence-corrected chi connectivity index (χ1v) is 5.13. The quantitative estimate of drug-likeness (QED) is 0.701. The second kappa shape index (κ2) is 4.92. The highest BCUT2D eigenvalue weighted by atomic mass is 16.5. The molecule has 80 valence electrons. The maximum Gasteiger partial charge on any atom is 0.127 e. The van der Waals surface area contributed by atoms with Crippen molar-refractivity contribution in [3.63, 3.8) is 0 Å². The third kappa shape index (κ3) is 2.68. The number of terminal acetylenes is 2. The number of rotatable bonds is 2. The molecule has 0 bridgehead atoms.